The first kappa shape index (κ1) is 14.8. The third kappa shape index (κ3) is 3.28. The second-order valence-electron chi connectivity index (χ2n) is 5.53. The molecule has 1 fully saturated rings. The Labute approximate surface area is 118 Å². The van der Waals surface area contributed by atoms with Gasteiger partial charge in [0.1, 0.15) is 12.8 Å². The Hall–Kier alpha value is -1.62. The summed E-state index contributed by atoms with van der Waals surface area (Å²) in [5, 5.41) is 9.31. The van der Waals surface area contributed by atoms with Crippen LogP contribution in [-0.2, 0) is 11.3 Å². The lowest BCUT2D eigenvalue weighted by Crippen LogP contribution is -2.52. The lowest BCUT2D eigenvalue weighted by atomic mass is 9.81. The summed E-state index contributed by atoms with van der Waals surface area (Å²) in [4.78, 5) is 13.4. The number of likely N-dealkylation sites (tertiary alicyclic amines) is 1. The smallest absolute Gasteiger partial charge is 0.410 e. The quantitative estimate of drug-likeness (QED) is 0.925. The fourth-order valence-corrected chi connectivity index (χ4v) is 2.35. The molecule has 2 unspecified atom stereocenters. The third-order valence-corrected chi connectivity index (χ3v) is 3.79. The molecule has 2 atom stereocenters. The molecular formula is C15H20FNO3. The van der Waals surface area contributed by atoms with E-state index in [0.29, 0.717) is 6.54 Å². The molecular weight excluding hydrogens is 261 g/mol. The van der Waals surface area contributed by atoms with Crippen LogP contribution in [0, 0.1) is 5.41 Å². The lowest BCUT2D eigenvalue weighted by molar-refractivity contribution is -0.0223. The van der Waals surface area contributed by atoms with Crippen LogP contribution in [0.15, 0.2) is 30.3 Å². The average molecular weight is 281 g/mol. The fourth-order valence-electron chi connectivity index (χ4n) is 2.35. The largest absolute Gasteiger partial charge is 0.445 e. The first-order valence-electron chi connectivity index (χ1n) is 6.76. The van der Waals surface area contributed by atoms with Gasteiger partial charge in [-0.1, -0.05) is 37.3 Å². The summed E-state index contributed by atoms with van der Waals surface area (Å²) in [6.45, 7) is 2.07. The Morgan fingerprint density at radius 2 is 2.20 bits per heavy atom. The Bertz CT molecular complexity index is 454. The molecule has 1 N–H and O–H groups in total. The van der Waals surface area contributed by atoms with Gasteiger partial charge in [0.05, 0.1) is 6.61 Å². The second kappa shape index (κ2) is 6.22. The van der Waals surface area contributed by atoms with Crippen LogP contribution in [0.2, 0.25) is 0 Å². The highest BCUT2D eigenvalue weighted by atomic mass is 19.1. The molecule has 0 spiro atoms. The fraction of sp³-hybridized carbons (Fsp3) is 0.533. The monoisotopic (exact) mass is 281 g/mol. The first-order chi connectivity index (χ1) is 9.55. The zero-order chi connectivity index (χ0) is 14.6. The highest BCUT2D eigenvalue weighted by molar-refractivity contribution is 5.67. The number of benzene rings is 1. The summed E-state index contributed by atoms with van der Waals surface area (Å²) in [5.41, 5.74) is 0.00968. The molecule has 4 nitrogen and oxygen atoms in total. The topological polar surface area (TPSA) is 49.8 Å². The lowest BCUT2D eigenvalue weighted by Gasteiger charge is -2.41. The molecule has 1 heterocycles. The number of halogens is 1. The van der Waals surface area contributed by atoms with Crippen molar-refractivity contribution in [1.29, 1.82) is 0 Å². The highest BCUT2D eigenvalue weighted by Gasteiger charge is 2.41. The van der Waals surface area contributed by atoms with E-state index < -0.39 is 17.7 Å². The molecule has 0 radical (unpaired) electrons. The Morgan fingerprint density at radius 3 is 2.85 bits per heavy atom. The minimum absolute atomic E-state index is 0.179. The number of amides is 1. The van der Waals surface area contributed by atoms with E-state index in [1.165, 1.54) is 4.90 Å². The van der Waals surface area contributed by atoms with Gasteiger partial charge in [-0.15, -0.1) is 0 Å². The van der Waals surface area contributed by atoms with Crippen LogP contribution in [0.25, 0.3) is 0 Å². The van der Waals surface area contributed by atoms with E-state index in [0.717, 1.165) is 5.56 Å². The van der Waals surface area contributed by atoms with Gasteiger partial charge >= 0.3 is 6.09 Å². The molecule has 0 aliphatic carbocycles. The number of ether oxygens (including phenoxy) is 1. The summed E-state index contributed by atoms with van der Waals surface area (Å²) in [6, 6.07) is 9.39. The van der Waals surface area contributed by atoms with Gasteiger partial charge in [-0.25, -0.2) is 9.18 Å². The van der Waals surface area contributed by atoms with E-state index >= 15 is 0 Å². The minimum Gasteiger partial charge on any atom is -0.445 e. The average Bonchev–Trinajstić information content (AvgIpc) is 2.48. The summed E-state index contributed by atoms with van der Waals surface area (Å²) in [6.07, 6.45) is -1.32. The predicted molar refractivity (Wildman–Crippen MR) is 72.9 cm³/mol. The summed E-state index contributed by atoms with van der Waals surface area (Å²) < 4.78 is 19.0. The number of aliphatic hydroxyl groups excluding tert-OH is 1. The summed E-state index contributed by atoms with van der Waals surface area (Å²) in [7, 11) is 0. The van der Waals surface area contributed by atoms with Crippen LogP contribution in [0.1, 0.15) is 18.9 Å². The molecule has 1 amide bonds. The molecule has 5 heteroatoms. The van der Waals surface area contributed by atoms with Crippen LogP contribution in [0.4, 0.5) is 9.18 Å². The molecule has 1 aromatic carbocycles. The van der Waals surface area contributed by atoms with Gasteiger partial charge < -0.3 is 14.7 Å². The minimum atomic E-state index is -1.09. The van der Waals surface area contributed by atoms with Crippen molar-refractivity contribution in [2.75, 3.05) is 19.7 Å². The Kier molecular flexibility index (Phi) is 4.60. The number of hydrogen-bond acceptors (Lipinski definition) is 3. The van der Waals surface area contributed by atoms with Crippen molar-refractivity contribution in [2.24, 2.45) is 5.41 Å². The van der Waals surface area contributed by atoms with Crippen molar-refractivity contribution in [3.8, 4) is 0 Å². The molecule has 0 aromatic heterocycles. The molecule has 110 valence electrons. The number of aliphatic hydroxyl groups is 1. The van der Waals surface area contributed by atoms with Crippen molar-refractivity contribution in [3.63, 3.8) is 0 Å². The number of hydrogen-bond donors (Lipinski definition) is 1. The van der Waals surface area contributed by atoms with Gasteiger partial charge in [-0.05, 0) is 12.0 Å². The number of alkyl halides is 1. The highest BCUT2D eigenvalue weighted by Crippen LogP contribution is 2.32. The SMILES string of the molecule is CC1(CO)CN(C(=O)OCc2ccccc2)CCC1F. The number of carbonyl (C=O) groups is 1. The van der Waals surface area contributed by atoms with Crippen molar-refractivity contribution < 1.29 is 19.0 Å². The molecule has 1 aromatic rings. The van der Waals surface area contributed by atoms with E-state index in [1.807, 2.05) is 30.3 Å². The van der Waals surface area contributed by atoms with Gasteiger partial charge in [0.25, 0.3) is 0 Å². The maximum absolute atomic E-state index is 13.8. The summed E-state index contributed by atoms with van der Waals surface area (Å²) in [5.74, 6) is 0. The molecule has 2 rings (SSSR count). The number of carbonyl (C=O) groups excluding carboxylic acids is 1. The van der Waals surface area contributed by atoms with E-state index in [1.54, 1.807) is 6.92 Å². The van der Waals surface area contributed by atoms with Crippen LogP contribution in [0.5, 0.6) is 0 Å². The van der Waals surface area contributed by atoms with Crippen LogP contribution in [-0.4, -0.2) is 42.0 Å². The van der Waals surface area contributed by atoms with Crippen LogP contribution in [0.3, 0.4) is 0 Å². The predicted octanol–water partition coefficient (Wildman–Crippen LogP) is 2.37. The van der Waals surface area contributed by atoms with E-state index in [4.69, 9.17) is 4.74 Å². The van der Waals surface area contributed by atoms with Crippen molar-refractivity contribution in [1.82, 2.24) is 4.90 Å². The first-order valence-corrected chi connectivity index (χ1v) is 6.76. The Balaban J connectivity index is 1.90. The van der Waals surface area contributed by atoms with Gasteiger partial charge in [0.2, 0.25) is 0 Å². The van der Waals surface area contributed by atoms with E-state index in [-0.39, 0.29) is 26.2 Å². The number of rotatable bonds is 3. The van der Waals surface area contributed by atoms with E-state index in [9.17, 15) is 14.3 Å². The number of piperidine rings is 1. The van der Waals surface area contributed by atoms with Gasteiger partial charge in [-0.3, -0.25) is 0 Å². The maximum Gasteiger partial charge on any atom is 0.410 e. The van der Waals surface area contributed by atoms with E-state index in [2.05, 4.69) is 0 Å². The normalized spacial score (nSPS) is 26.4. The molecule has 0 bridgehead atoms. The standard InChI is InChI=1S/C15H20FNO3/c1-15(11-18)10-17(8-7-13(15)16)14(19)20-9-12-5-3-2-4-6-12/h2-6,13,18H,7-11H2,1H3. The zero-order valence-corrected chi connectivity index (χ0v) is 11.6. The third-order valence-electron chi connectivity index (χ3n) is 3.79. The van der Waals surface area contributed by atoms with Crippen molar-refractivity contribution >= 4 is 6.09 Å². The maximum atomic E-state index is 13.8. The van der Waals surface area contributed by atoms with Crippen molar-refractivity contribution in [2.45, 2.75) is 26.1 Å². The molecule has 1 aliphatic heterocycles. The molecule has 1 aliphatic rings. The van der Waals surface area contributed by atoms with Crippen LogP contribution < -0.4 is 0 Å². The second-order valence-corrected chi connectivity index (χ2v) is 5.53. The molecule has 0 saturated carbocycles. The van der Waals surface area contributed by atoms with Gasteiger partial charge in [-0.2, -0.15) is 0 Å². The number of nitrogens with zero attached hydrogens (tertiary/aromatic N) is 1. The Morgan fingerprint density at radius 1 is 1.50 bits per heavy atom. The molecule has 1 saturated heterocycles. The summed E-state index contributed by atoms with van der Waals surface area (Å²) >= 11 is 0. The van der Waals surface area contributed by atoms with Gasteiger partial charge in [0.15, 0.2) is 0 Å². The van der Waals surface area contributed by atoms with Crippen LogP contribution >= 0.6 is 0 Å². The molecule has 20 heavy (non-hydrogen) atoms. The zero-order valence-electron chi connectivity index (χ0n) is 11.6. The van der Waals surface area contributed by atoms with Gasteiger partial charge in [0, 0.05) is 18.5 Å². The van der Waals surface area contributed by atoms with Crippen molar-refractivity contribution in [3.05, 3.63) is 35.9 Å².